The molecule has 2 fully saturated rings. The summed E-state index contributed by atoms with van der Waals surface area (Å²) in [5.74, 6) is 0. The van der Waals surface area contributed by atoms with Crippen molar-refractivity contribution in [3.05, 3.63) is 71.8 Å². The molecule has 0 spiro atoms. The van der Waals surface area contributed by atoms with Gasteiger partial charge in [-0.3, -0.25) is 0 Å². The normalized spacial score (nSPS) is 28.7. The lowest BCUT2D eigenvalue weighted by Crippen LogP contribution is -2.40. The maximum absolute atomic E-state index is 5.71. The molecular weight excluding hydrogens is 324 g/mol. The molecule has 4 nitrogen and oxygen atoms in total. The third-order valence-corrected chi connectivity index (χ3v) is 4.74. The fraction of sp³-hybridized carbons (Fsp3) is 0.455. The fourth-order valence-corrected chi connectivity index (χ4v) is 3.14. The van der Waals surface area contributed by atoms with Gasteiger partial charge in [0.05, 0.1) is 25.4 Å². The molecule has 4 rings (SSSR count). The van der Waals surface area contributed by atoms with Crippen molar-refractivity contribution < 1.29 is 9.47 Å². The topological polar surface area (TPSA) is 42.5 Å². The average Bonchev–Trinajstić information content (AvgIpc) is 2.71. The summed E-state index contributed by atoms with van der Waals surface area (Å²) in [6, 6.07) is 21.7. The highest BCUT2D eigenvalue weighted by molar-refractivity contribution is 5.19. The Bertz CT molecular complexity index is 562. The SMILES string of the molecule is C[C@@H]1COC(c2ccccc2)CN1.C[C@@H]1CO[C@H](c2ccccc2)CN1. The zero-order valence-corrected chi connectivity index (χ0v) is 15.7. The average molecular weight is 354 g/mol. The second-order valence-electron chi connectivity index (χ2n) is 7.08. The van der Waals surface area contributed by atoms with Gasteiger partial charge in [0.15, 0.2) is 0 Å². The standard InChI is InChI=1S/2C11H15NO/c2*1-9-8-13-11(7-12-9)10-5-3-2-4-6-10/h2*2-6,9,11-12H,7-8H2,1H3/t9-,11?;9-,11+/m11/s1. The molecule has 2 heterocycles. The fourth-order valence-electron chi connectivity index (χ4n) is 3.14. The summed E-state index contributed by atoms with van der Waals surface area (Å²) in [6.07, 6.45) is 0.467. The molecule has 2 saturated heterocycles. The maximum Gasteiger partial charge on any atom is 0.0950 e. The van der Waals surface area contributed by atoms with Gasteiger partial charge in [0, 0.05) is 25.2 Å². The van der Waals surface area contributed by atoms with Crippen molar-refractivity contribution in [2.45, 2.75) is 38.1 Å². The Morgan fingerprint density at radius 3 is 1.35 bits per heavy atom. The Morgan fingerprint density at radius 1 is 0.654 bits per heavy atom. The van der Waals surface area contributed by atoms with E-state index in [0.717, 1.165) is 26.3 Å². The minimum absolute atomic E-state index is 0.234. The summed E-state index contributed by atoms with van der Waals surface area (Å²) in [4.78, 5) is 0. The Hall–Kier alpha value is -1.72. The number of hydrogen-bond donors (Lipinski definition) is 2. The summed E-state index contributed by atoms with van der Waals surface area (Å²) in [5.41, 5.74) is 2.53. The Morgan fingerprint density at radius 2 is 1.04 bits per heavy atom. The van der Waals surface area contributed by atoms with Crippen molar-refractivity contribution in [3.63, 3.8) is 0 Å². The van der Waals surface area contributed by atoms with Gasteiger partial charge in [0.1, 0.15) is 0 Å². The van der Waals surface area contributed by atoms with E-state index in [1.807, 2.05) is 12.1 Å². The van der Waals surface area contributed by atoms with Gasteiger partial charge in [-0.2, -0.15) is 0 Å². The molecule has 2 aliphatic rings. The molecule has 26 heavy (non-hydrogen) atoms. The lowest BCUT2D eigenvalue weighted by Gasteiger charge is -2.28. The van der Waals surface area contributed by atoms with Crippen molar-refractivity contribution >= 4 is 0 Å². The minimum Gasteiger partial charge on any atom is -0.371 e. The monoisotopic (exact) mass is 354 g/mol. The smallest absolute Gasteiger partial charge is 0.0950 e. The summed E-state index contributed by atoms with van der Waals surface area (Å²) in [5, 5.41) is 6.81. The van der Waals surface area contributed by atoms with Crippen LogP contribution in [-0.2, 0) is 9.47 Å². The first kappa shape index (κ1) is 19.1. The third kappa shape index (κ3) is 5.64. The zero-order chi connectivity index (χ0) is 18.2. The lowest BCUT2D eigenvalue weighted by molar-refractivity contribution is 0.00692. The van der Waals surface area contributed by atoms with E-state index < -0.39 is 0 Å². The number of ether oxygens (including phenoxy) is 2. The molecule has 0 bridgehead atoms. The summed E-state index contributed by atoms with van der Waals surface area (Å²) in [7, 11) is 0. The van der Waals surface area contributed by atoms with Gasteiger partial charge in [-0.25, -0.2) is 0 Å². The second kappa shape index (κ2) is 9.83. The quantitative estimate of drug-likeness (QED) is 0.867. The number of benzene rings is 2. The molecule has 0 amide bonds. The van der Waals surface area contributed by atoms with E-state index in [2.05, 4.69) is 73.0 Å². The van der Waals surface area contributed by atoms with Crippen LogP contribution in [0.15, 0.2) is 60.7 Å². The summed E-state index contributed by atoms with van der Waals surface area (Å²) >= 11 is 0. The van der Waals surface area contributed by atoms with Gasteiger partial charge in [-0.1, -0.05) is 60.7 Å². The molecular formula is C22H30N2O2. The summed E-state index contributed by atoms with van der Waals surface area (Å²) in [6.45, 7) is 7.73. The van der Waals surface area contributed by atoms with Crippen LogP contribution >= 0.6 is 0 Å². The van der Waals surface area contributed by atoms with Crippen molar-refractivity contribution in [2.75, 3.05) is 26.3 Å². The molecule has 2 aromatic carbocycles. The predicted molar refractivity (Wildman–Crippen MR) is 105 cm³/mol. The Labute approximate surface area is 156 Å². The molecule has 2 aliphatic heterocycles. The third-order valence-electron chi connectivity index (χ3n) is 4.74. The van der Waals surface area contributed by atoms with Crippen LogP contribution in [-0.4, -0.2) is 38.4 Å². The summed E-state index contributed by atoms with van der Waals surface area (Å²) < 4.78 is 11.4. The predicted octanol–water partition coefficient (Wildman–Crippen LogP) is 3.47. The first-order valence-electron chi connectivity index (χ1n) is 9.52. The molecule has 2 aromatic rings. The molecule has 0 saturated carbocycles. The van der Waals surface area contributed by atoms with Gasteiger partial charge in [0.2, 0.25) is 0 Å². The molecule has 4 atom stereocenters. The highest BCUT2D eigenvalue weighted by Gasteiger charge is 2.19. The molecule has 2 N–H and O–H groups in total. The first-order chi connectivity index (χ1) is 12.7. The van der Waals surface area contributed by atoms with E-state index in [1.165, 1.54) is 11.1 Å². The van der Waals surface area contributed by atoms with Crippen LogP contribution in [0.4, 0.5) is 0 Å². The molecule has 140 valence electrons. The molecule has 1 unspecified atom stereocenters. The molecule has 0 aliphatic carbocycles. The Balaban J connectivity index is 0.000000151. The lowest BCUT2D eigenvalue weighted by atomic mass is 10.1. The van der Waals surface area contributed by atoms with Crippen molar-refractivity contribution in [1.29, 1.82) is 0 Å². The van der Waals surface area contributed by atoms with Crippen molar-refractivity contribution in [3.8, 4) is 0 Å². The van der Waals surface area contributed by atoms with Crippen molar-refractivity contribution in [1.82, 2.24) is 10.6 Å². The number of rotatable bonds is 2. The van der Waals surface area contributed by atoms with Gasteiger partial charge in [-0.05, 0) is 25.0 Å². The molecule has 4 heteroatoms. The van der Waals surface area contributed by atoms with Crippen LogP contribution in [0.25, 0.3) is 0 Å². The maximum atomic E-state index is 5.71. The van der Waals surface area contributed by atoms with E-state index in [-0.39, 0.29) is 12.2 Å². The zero-order valence-electron chi connectivity index (χ0n) is 15.7. The van der Waals surface area contributed by atoms with Crippen LogP contribution in [0.3, 0.4) is 0 Å². The van der Waals surface area contributed by atoms with Crippen LogP contribution in [0, 0.1) is 0 Å². The van der Waals surface area contributed by atoms with E-state index in [4.69, 9.17) is 9.47 Å². The molecule has 0 radical (unpaired) electrons. The highest BCUT2D eigenvalue weighted by atomic mass is 16.5. The van der Waals surface area contributed by atoms with E-state index in [9.17, 15) is 0 Å². The van der Waals surface area contributed by atoms with Gasteiger partial charge < -0.3 is 20.1 Å². The van der Waals surface area contributed by atoms with Crippen LogP contribution < -0.4 is 10.6 Å². The van der Waals surface area contributed by atoms with E-state index in [1.54, 1.807) is 0 Å². The van der Waals surface area contributed by atoms with Crippen molar-refractivity contribution in [2.24, 2.45) is 0 Å². The minimum atomic E-state index is 0.234. The van der Waals surface area contributed by atoms with Gasteiger partial charge in [-0.15, -0.1) is 0 Å². The van der Waals surface area contributed by atoms with Crippen LogP contribution in [0.5, 0.6) is 0 Å². The van der Waals surface area contributed by atoms with E-state index in [0.29, 0.717) is 12.1 Å². The number of morpholine rings is 2. The van der Waals surface area contributed by atoms with E-state index >= 15 is 0 Å². The number of hydrogen-bond acceptors (Lipinski definition) is 4. The van der Waals surface area contributed by atoms with Gasteiger partial charge in [0.25, 0.3) is 0 Å². The second-order valence-corrected chi connectivity index (χ2v) is 7.08. The highest BCUT2D eigenvalue weighted by Crippen LogP contribution is 2.20. The first-order valence-corrected chi connectivity index (χ1v) is 9.52. The van der Waals surface area contributed by atoms with Crippen LogP contribution in [0.1, 0.15) is 37.2 Å². The Kier molecular flexibility index (Phi) is 7.21. The van der Waals surface area contributed by atoms with Gasteiger partial charge >= 0.3 is 0 Å². The number of nitrogens with one attached hydrogen (secondary N) is 2. The molecule has 0 aromatic heterocycles. The largest absolute Gasteiger partial charge is 0.371 e. The van der Waals surface area contributed by atoms with Crippen LogP contribution in [0.2, 0.25) is 0 Å².